The lowest BCUT2D eigenvalue weighted by molar-refractivity contribution is 0.395. The highest BCUT2D eigenvalue weighted by Crippen LogP contribution is 2.33. The zero-order valence-electron chi connectivity index (χ0n) is 11.2. The fourth-order valence-corrected chi connectivity index (χ4v) is 1.64. The summed E-state index contributed by atoms with van der Waals surface area (Å²) in [5, 5.41) is 3.07. The highest BCUT2D eigenvalue weighted by Gasteiger charge is 2.10. The van der Waals surface area contributed by atoms with Gasteiger partial charge in [-0.25, -0.2) is 15.8 Å². The summed E-state index contributed by atoms with van der Waals surface area (Å²) in [6, 6.07) is 5.35. The first-order chi connectivity index (χ1) is 9.69. The third-order valence-electron chi connectivity index (χ3n) is 2.68. The minimum atomic E-state index is 0.313. The molecule has 20 heavy (non-hydrogen) atoms. The van der Waals surface area contributed by atoms with Crippen LogP contribution in [0.4, 0.5) is 23.0 Å². The first-order valence-corrected chi connectivity index (χ1v) is 5.75. The molecule has 6 N–H and O–H groups in total. The Morgan fingerprint density at radius 3 is 2.50 bits per heavy atom. The van der Waals surface area contributed by atoms with E-state index in [0.717, 1.165) is 0 Å². The van der Waals surface area contributed by atoms with Gasteiger partial charge in [0.25, 0.3) is 0 Å². The molecule has 8 nitrogen and oxygen atoms in total. The number of hydrogen-bond acceptors (Lipinski definition) is 8. The summed E-state index contributed by atoms with van der Waals surface area (Å²) in [6.45, 7) is 0. The molecule has 0 aliphatic rings. The number of hydrogen-bond donors (Lipinski definition) is 4. The second-order valence-corrected chi connectivity index (χ2v) is 3.82. The van der Waals surface area contributed by atoms with Crippen molar-refractivity contribution in [2.24, 2.45) is 5.84 Å². The van der Waals surface area contributed by atoms with E-state index in [1.807, 2.05) is 0 Å². The van der Waals surface area contributed by atoms with Crippen LogP contribution in [0.3, 0.4) is 0 Å². The summed E-state index contributed by atoms with van der Waals surface area (Å²) in [7, 11) is 3.15. The van der Waals surface area contributed by atoms with Gasteiger partial charge in [0.2, 0.25) is 0 Å². The second kappa shape index (κ2) is 5.93. The third-order valence-corrected chi connectivity index (χ3v) is 2.68. The topological polar surface area (TPSA) is 120 Å². The van der Waals surface area contributed by atoms with Crippen molar-refractivity contribution in [3.8, 4) is 11.5 Å². The molecule has 0 amide bonds. The Balaban J connectivity index is 2.35. The molecule has 1 heterocycles. The fraction of sp³-hybridized carbons (Fsp3) is 0.167. The molecule has 0 unspecified atom stereocenters. The van der Waals surface area contributed by atoms with E-state index in [9.17, 15) is 0 Å². The highest BCUT2D eigenvalue weighted by atomic mass is 16.5. The zero-order chi connectivity index (χ0) is 14.5. The van der Waals surface area contributed by atoms with Crippen molar-refractivity contribution in [3.05, 3.63) is 24.5 Å². The first-order valence-electron chi connectivity index (χ1n) is 5.75. The van der Waals surface area contributed by atoms with E-state index in [4.69, 9.17) is 21.1 Å². The van der Waals surface area contributed by atoms with Crippen LogP contribution in [0.25, 0.3) is 0 Å². The molecule has 0 fully saturated rings. The monoisotopic (exact) mass is 276 g/mol. The van der Waals surface area contributed by atoms with E-state index < -0.39 is 0 Å². The first kappa shape index (κ1) is 13.7. The van der Waals surface area contributed by atoms with Crippen LogP contribution in [0.15, 0.2) is 24.5 Å². The van der Waals surface area contributed by atoms with E-state index in [1.54, 1.807) is 32.4 Å². The van der Waals surface area contributed by atoms with Crippen LogP contribution in [0, 0.1) is 0 Å². The normalized spacial score (nSPS) is 9.95. The van der Waals surface area contributed by atoms with Crippen molar-refractivity contribution in [2.75, 3.05) is 30.7 Å². The molecular weight excluding hydrogens is 260 g/mol. The maximum absolute atomic E-state index is 5.89. The number of nitrogens with zero attached hydrogens (tertiary/aromatic N) is 2. The van der Waals surface area contributed by atoms with Crippen LogP contribution in [-0.2, 0) is 0 Å². The van der Waals surface area contributed by atoms with Gasteiger partial charge in [-0.15, -0.1) is 0 Å². The summed E-state index contributed by atoms with van der Waals surface area (Å²) in [6.07, 6.45) is 1.35. The summed E-state index contributed by atoms with van der Waals surface area (Å²) in [4.78, 5) is 7.98. The number of nitrogen functional groups attached to an aromatic ring is 2. The Kier molecular flexibility index (Phi) is 4.06. The van der Waals surface area contributed by atoms with Gasteiger partial charge < -0.3 is 25.9 Å². The standard InChI is InChI=1S/C12H16N6O2/c1-19-7-3-4-8(9(5-7)20-2)17-11-10(13)12(18-14)16-6-15-11/h3-6H,13-14H2,1-2H3,(H2,15,16,17,18). The Morgan fingerprint density at radius 2 is 1.85 bits per heavy atom. The molecule has 0 atom stereocenters. The molecule has 8 heteroatoms. The average molecular weight is 276 g/mol. The van der Waals surface area contributed by atoms with Gasteiger partial charge in [0.15, 0.2) is 11.6 Å². The number of nitrogens with two attached hydrogens (primary N) is 2. The molecule has 0 spiro atoms. The molecule has 106 valence electrons. The van der Waals surface area contributed by atoms with E-state index in [1.165, 1.54) is 6.33 Å². The maximum Gasteiger partial charge on any atom is 0.168 e. The maximum atomic E-state index is 5.89. The minimum absolute atomic E-state index is 0.313. The highest BCUT2D eigenvalue weighted by molar-refractivity contribution is 5.79. The van der Waals surface area contributed by atoms with Crippen LogP contribution in [0.1, 0.15) is 0 Å². The molecule has 0 aliphatic carbocycles. The lowest BCUT2D eigenvalue weighted by Crippen LogP contribution is -2.12. The number of hydrazine groups is 1. The van der Waals surface area contributed by atoms with Gasteiger partial charge in [0, 0.05) is 6.07 Å². The predicted molar refractivity (Wildman–Crippen MR) is 77.1 cm³/mol. The van der Waals surface area contributed by atoms with Gasteiger partial charge in [-0.2, -0.15) is 0 Å². The molecule has 1 aromatic carbocycles. The van der Waals surface area contributed by atoms with Crippen LogP contribution in [0.2, 0.25) is 0 Å². The number of anilines is 4. The molecule has 0 saturated carbocycles. The predicted octanol–water partition coefficient (Wildman–Crippen LogP) is 1.11. The van der Waals surface area contributed by atoms with Gasteiger partial charge >= 0.3 is 0 Å². The van der Waals surface area contributed by atoms with Crippen LogP contribution >= 0.6 is 0 Å². The number of benzene rings is 1. The molecule has 2 rings (SSSR count). The summed E-state index contributed by atoms with van der Waals surface area (Å²) in [5.74, 6) is 7.38. The number of methoxy groups -OCH3 is 2. The van der Waals surface area contributed by atoms with E-state index in [0.29, 0.717) is 34.5 Å². The number of rotatable bonds is 5. The Bertz CT molecular complexity index is 604. The molecule has 0 saturated heterocycles. The molecule has 1 aromatic heterocycles. The van der Waals surface area contributed by atoms with Crippen LogP contribution in [0.5, 0.6) is 11.5 Å². The van der Waals surface area contributed by atoms with E-state index >= 15 is 0 Å². The van der Waals surface area contributed by atoms with Gasteiger partial charge in [-0.3, -0.25) is 0 Å². The summed E-state index contributed by atoms with van der Waals surface area (Å²) >= 11 is 0. The molecular formula is C12H16N6O2. The summed E-state index contributed by atoms with van der Waals surface area (Å²) in [5.41, 5.74) is 9.30. The molecule has 0 radical (unpaired) electrons. The van der Waals surface area contributed by atoms with Crippen LogP contribution in [-0.4, -0.2) is 24.2 Å². The molecule has 0 aliphatic heterocycles. The minimum Gasteiger partial charge on any atom is -0.497 e. The van der Waals surface area contributed by atoms with Crippen molar-refractivity contribution in [1.29, 1.82) is 0 Å². The van der Waals surface area contributed by atoms with Gasteiger partial charge in [0.05, 0.1) is 19.9 Å². The smallest absolute Gasteiger partial charge is 0.168 e. The quantitative estimate of drug-likeness (QED) is 0.473. The molecule has 0 bridgehead atoms. The lowest BCUT2D eigenvalue weighted by Gasteiger charge is -2.14. The number of ether oxygens (including phenoxy) is 2. The van der Waals surface area contributed by atoms with Crippen LogP contribution < -0.4 is 31.8 Å². The van der Waals surface area contributed by atoms with Gasteiger partial charge in [-0.05, 0) is 12.1 Å². The number of aromatic nitrogens is 2. The lowest BCUT2D eigenvalue weighted by atomic mass is 10.2. The Hall–Kier alpha value is -2.74. The molecule has 2 aromatic rings. The van der Waals surface area contributed by atoms with Gasteiger partial charge in [-0.1, -0.05) is 0 Å². The van der Waals surface area contributed by atoms with Crippen molar-refractivity contribution >= 4 is 23.0 Å². The second-order valence-electron chi connectivity index (χ2n) is 3.82. The zero-order valence-corrected chi connectivity index (χ0v) is 11.2. The average Bonchev–Trinajstić information content (AvgIpc) is 2.49. The van der Waals surface area contributed by atoms with E-state index in [2.05, 4.69) is 20.7 Å². The van der Waals surface area contributed by atoms with Crippen molar-refractivity contribution in [2.45, 2.75) is 0 Å². The SMILES string of the molecule is COc1ccc(Nc2ncnc(NN)c2N)c(OC)c1. The van der Waals surface area contributed by atoms with Crippen molar-refractivity contribution in [1.82, 2.24) is 9.97 Å². The third kappa shape index (κ3) is 2.64. The van der Waals surface area contributed by atoms with Gasteiger partial charge in [0.1, 0.15) is 23.5 Å². The summed E-state index contributed by atoms with van der Waals surface area (Å²) < 4.78 is 10.4. The fourth-order valence-electron chi connectivity index (χ4n) is 1.64. The Labute approximate surface area is 116 Å². The largest absolute Gasteiger partial charge is 0.497 e. The van der Waals surface area contributed by atoms with E-state index in [-0.39, 0.29) is 0 Å². The number of nitrogens with one attached hydrogen (secondary N) is 2. The van der Waals surface area contributed by atoms with Crippen molar-refractivity contribution < 1.29 is 9.47 Å². The van der Waals surface area contributed by atoms with Crippen molar-refractivity contribution in [3.63, 3.8) is 0 Å². The Morgan fingerprint density at radius 1 is 1.10 bits per heavy atom.